The van der Waals surface area contributed by atoms with E-state index in [1.54, 1.807) is 28.6 Å². The highest BCUT2D eigenvalue weighted by molar-refractivity contribution is 7.89. The molecule has 2 heterocycles. The van der Waals surface area contributed by atoms with Gasteiger partial charge in [0.05, 0.1) is 28.5 Å². The molecule has 4 amide bonds. The van der Waals surface area contributed by atoms with Crippen molar-refractivity contribution in [2.75, 3.05) is 58.9 Å². The van der Waals surface area contributed by atoms with Crippen LogP contribution in [0.5, 0.6) is 0 Å². The molecule has 1 saturated heterocycles. The Balaban J connectivity index is 1.33. The number of nitrogens with zero attached hydrogens (tertiary/aromatic N) is 6. The van der Waals surface area contributed by atoms with Crippen LogP contribution in [-0.4, -0.2) is 159 Å². The van der Waals surface area contributed by atoms with Gasteiger partial charge in [-0.15, -0.1) is 0 Å². The van der Waals surface area contributed by atoms with Crippen LogP contribution in [0.15, 0.2) is 59.5 Å². The maximum absolute atomic E-state index is 12.7. The zero-order valence-corrected chi connectivity index (χ0v) is 33.2. The van der Waals surface area contributed by atoms with Crippen LogP contribution in [-0.2, 0) is 26.2 Å². The molecule has 316 valence electrons. The number of carbonyl (C=O) groups excluding carboxylic acids is 1. The molecular weight excluding hydrogens is 779 g/mol. The van der Waals surface area contributed by atoms with Crippen LogP contribution in [0.4, 0.5) is 14.4 Å². The molecule has 2 aromatic carbocycles. The molecular formula is C37H51N9O11S. The fraction of sp³-hybridized carbons (Fsp3) is 0.459. The Kier molecular flexibility index (Phi) is 16.0. The largest absolute Gasteiger partial charge is 0.480 e. The number of carboxylic acid groups (broad SMARTS) is 4. The van der Waals surface area contributed by atoms with Crippen molar-refractivity contribution in [1.29, 1.82) is 0 Å². The van der Waals surface area contributed by atoms with Crippen LogP contribution in [0.2, 0.25) is 0 Å². The van der Waals surface area contributed by atoms with E-state index in [9.17, 15) is 52.8 Å². The first-order valence-electron chi connectivity index (χ1n) is 18.6. The normalized spacial score (nSPS) is 16.5. The smallest absolute Gasteiger partial charge is 0.407 e. The molecule has 1 fully saturated rings. The lowest BCUT2D eigenvalue weighted by atomic mass is 10.0. The van der Waals surface area contributed by atoms with Gasteiger partial charge in [0, 0.05) is 70.5 Å². The lowest BCUT2D eigenvalue weighted by molar-refractivity contribution is -0.145. The van der Waals surface area contributed by atoms with Crippen molar-refractivity contribution in [3.63, 3.8) is 0 Å². The van der Waals surface area contributed by atoms with Gasteiger partial charge < -0.3 is 45.8 Å². The number of benzene rings is 2. The van der Waals surface area contributed by atoms with Crippen molar-refractivity contribution in [1.82, 2.24) is 40.0 Å². The summed E-state index contributed by atoms with van der Waals surface area (Å²) in [5.41, 5.74) is 3.92. The summed E-state index contributed by atoms with van der Waals surface area (Å²) in [6.07, 6.45) is -2.96. The molecule has 58 heavy (non-hydrogen) atoms. The first-order valence-corrected chi connectivity index (χ1v) is 20.2. The van der Waals surface area contributed by atoms with E-state index < -0.39 is 46.4 Å². The Morgan fingerprint density at radius 3 is 1.95 bits per heavy atom. The fourth-order valence-corrected chi connectivity index (χ4v) is 7.12. The summed E-state index contributed by atoms with van der Waals surface area (Å²) in [5, 5.41) is 55.2. The number of sulfonamides is 1. The lowest BCUT2D eigenvalue weighted by Crippen LogP contribution is -2.55. The average molecular weight is 830 g/mol. The molecule has 20 nitrogen and oxygen atoms in total. The third-order valence-electron chi connectivity index (χ3n) is 9.79. The number of aryl methyl sites for hydroxylation is 1. The lowest BCUT2D eigenvalue weighted by Gasteiger charge is -2.38. The molecule has 3 aromatic rings. The third-order valence-corrected chi connectivity index (χ3v) is 10.7. The molecule has 1 aliphatic rings. The Hall–Kier alpha value is -5.77. The van der Waals surface area contributed by atoms with Gasteiger partial charge in [0.15, 0.2) is 0 Å². The third kappa shape index (κ3) is 12.9. The maximum Gasteiger partial charge on any atom is 0.407 e. The molecule has 2 unspecified atom stereocenters. The first-order chi connectivity index (χ1) is 27.4. The zero-order valence-electron chi connectivity index (χ0n) is 32.4. The molecule has 0 saturated carbocycles. The van der Waals surface area contributed by atoms with Crippen LogP contribution in [0.1, 0.15) is 37.4 Å². The SMILES string of the molecule is Cc1ccc(-c2cc(CNCC(=O)NCCCCC(C(=O)O)N3CCN(C(=O)O)CCN(C(=O)O)CCN(C(=O)O)CC3C)nn2-c2ccc(S(N)(=O)=O)cc2)cc1. The second kappa shape index (κ2) is 20.6. The number of unbranched alkanes of at least 4 members (excludes halogenated alkanes) is 1. The molecule has 0 aliphatic carbocycles. The summed E-state index contributed by atoms with van der Waals surface area (Å²) in [6.45, 7) is 3.03. The second-order valence-corrected chi connectivity index (χ2v) is 15.6. The van der Waals surface area contributed by atoms with Crippen molar-refractivity contribution in [3.8, 4) is 16.9 Å². The highest BCUT2D eigenvalue weighted by atomic mass is 32.2. The van der Waals surface area contributed by atoms with Crippen molar-refractivity contribution in [2.24, 2.45) is 5.14 Å². The minimum Gasteiger partial charge on any atom is -0.480 e. The van der Waals surface area contributed by atoms with Crippen molar-refractivity contribution in [2.45, 2.75) is 56.6 Å². The fourth-order valence-electron chi connectivity index (χ4n) is 6.61. The standard InChI is InChI=1S/C37H51N9O11S/c1-25-6-8-27(9-7-25)32-21-28(41-46(32)29-10-12-30(13-11-29)58(38,56)57)22-39-23-33(47)40-14-4-3-5-31(34(48)49)45-20-19-43(36(52)53)16-15-42(35(50)51)17-18-44(37(54)55)24-26(45)2/h6-13,21,26,31,39H,3-5,14-20,22-24H2,1-2H3,(H,40,47)(H,48,49)(H,50,51)(H,52,53)(H,54,55)(H2,38,56,57). The summed E-state index contributed by atoms with van der Waals surface area (Å²) in [7, 11) is -3.88. The highest BCUT2D eigenvalue weighted by Crippen LogP contribution is 2.25. The number of nitrogens with two attached hydrogens (primary N) is 1. The van der Waals surface area contributed by atoms with E-state index >= 15 is 0 Å². The predicted molar refractivity (Wildman–Crippen MR) is 210 cm³/mol. The summed E-state index contributed by atoms with van der Waals surface area (Å²) in [6, 6.07) is 13.9. The van der Waals surface area contributed by atoms with E-state index in [0.29, 0.717) is 24.2 Å². The summed E-state index contributed by atoms with van der Waals surface area (Å²) in [5.74, 6) is -1.46. The number of carbonyl (C=O) groups is 5. The van der Waals surface area contributed by atoms with Gasteiger partial charge in [-0.05, 0) is 63.4 Å². The average Bonchev–Trinajstić information content (AvgIpc) is 3.58. The minimum absolute atomic E-state index is 0.0321. The van der Waals surface area contributed by atoms with Crippen LogP contribution in [0.3, 0.4) is 0 Å². The quantitative estimate of drug-likeness (QED) is 0.115. The van der Waals surface area contributed by atoms with Gasteiger partial charge in [-0.25, -0.2) is 32.6 Å². The number of primary sulfonamides is 1. The van der Waals surface area contributed by atoms with Crippen molar-refractivity contribution >= 4 is 40.2 Å². The summed E-state index contributed by atoms with van der Waals surface area (Å²) in [4.78, 5) is 65.4. The molecule has 8 N–H and O–H groups in total. The Bertz CT molecular complexity index is 2010. The van der Waals surface area contributed by atoms with Crippen LogP contribution < -0.4 is 15.8 Å². The number of hydrogen-bond donors (Lipinski definition) is 7. The molecule has 4 rings (SSSR count). The molecule has 0 spiro atoms. The zero-order chi connectivity index (χ0) is 42.6. The van der Waals surface area contributed by atoms with Crippen LogP contribution >= 0.6 is 0 Å². The number of aromatic nitrogens is 2. The monoisotopic (exact) mass is 829 g/mol. The van der Waals surface area contributed by atoms with Gasteiger partial charge in [0.25, 0.3) is 0 Å². The number of hydrogen-bond acceptors (Lipinski definition) is 10. The summed E-state index contributed by atoms with van der Waals surface area (Å²) >= 11 is 0. The Morgan fingerprint density at radius 2 is 1.40 bits per heavy atom. The number of amides is 4. The van der Waals surface area contributed by atoms with E-state index in [1.807, 2.05) is 37.3 Å². The van der Waals surface area contributed by atoms with Gasteiger partial charge in [-0.2, -0.15) is 5.10 Å². The van der Waals surface area contributed by atoms with E-state index in [0.717, 1.165) is 31.5 Å². The topological polar surface area (TPSA) is 281 Å². The van der Waals surface area contributed by atoms with E-state index in [-0.39, 0.29) is 82.7 Å². The minimum atomic E-state index is -3.88. The summed E-state index contributed by atoms with van der Waals surface area (Å²) < 4.78 is 25.2. The number of aliphatic carboxylic acids is 1. The van der Waals surface area contributed by atoms with Gasteiger partial charge in [0.1, 0.15) is 6.04 Å². The molecule has 1 aliphatic heterocycles. The van der Waals surface area contributed by atoms with Gasteiger partial charge in [0.2, 0.25) is 15.9 Å². The first kappa shape index (κ1) is 44.9. The van der Waals surface area contributed by atoms with E-state index in [1.165, 1.54) is 12.1 Å². The number of nitrogens with one attached hydrogen (secondary N) is 2. The molecule has 21 heteroatoms. The van der Waals surface area contributed by atoms with Crippen molar-refractivity contribution in [3.05, 3.63) is 65.9 Å². The molecule has 0 radical (unpaired) electrons. The number of carboxylic acids is 1. The Labute approximate surface area is 335 Å². The van der Waals surface area contributed by atoms with Crippen LogP contribution in [0, 0.1) is 6.92 Å². The van der Waals surface area contributed by atoms with Crippen molar-refractivity contribution < 1.29 is 52.8 Å². The Morgan fingerprint density at radius 1 is 0.828 bits per heavy atom. The van der Waals surface area contributed by atoms with Gasteiger partial charge in [-0.1, -0.05) is 29.8 Å². The molecule has 1 aromatic heterocycles. The highest BCUT2D eigenvalue weighted by Gasteiger charge is 2.32. The molecule has 0 bridgehead atoms. The van der Waals surface area contributed by atoms with Gasteiger partial charge in [-0.3, -0.25) is 14.5 Å². The van der Waals surface area contributed by atoms with Gasteiger partial charge >= 0.3 is 24.2 Å². The van der Waals surface area contributed by atoms with Crippen LogP contribution in [0.25, 0.3) is 16.9 Å². The van der Waals surface area contributed by atoms with E-state index in [2.05, 4.69) is 10.6 Å². The second-order valence-electron chi connectivity index (χ2n) is 14.0. The van der Waals surface area contributed by atoms with E-state index in [4.69, 9.17) is 10.2 Å². The number of rotatable bonds is 14. The predicted octanol–water partition coefficient (Wildman–Crippen LogP) is 1.97. The molecule has 2 atom stereocenters. The maximum atomic E-state index is 12.7.